The summed E-state index contributed by atoms with van der Waals surface area (Å²) in [5, 5.41) is 9.33. The van der Waals surface area contributed by atoms with E-state index < -0.39 is 22.0 Å². The summed E-state index contributed by atoms with van der Waals surface area (Å²) >= 11 is 0. The normalized spacial score (nSPS) is 13.0. The molecule has 0 spiro atoms. The summed E-state index contributed by atoms with van der Waals surface area (Å²) in [7, 11) is -3.90. The molecule has 0 unspecified atom stereocenters. The van der Waals surface area contributed by atoms with Crippen molar-refractivity contribution >= 4 is 16.0 Å². The lowest BCUT2D eigenvalue weighted by Crippen LogP contribution is -2.42. The van der Waals surface area contributed by atoms with E-state index >= 15 is 0 Å². The summed E-state index contributed by atoms with van der Waals surface area (Å²) in [5.74, 6) is -0.916. The fourth-order valence-electron chi connectivity index (χ4n) is 2.32. The third-order valence-corrected chi connectivity index (χ3v) is 5.22. The van der Waals surface area contributed by atoms with Gasteiger partial charge >= 0.3 is 5.97 Å². The minimum Gasteiger partial charge on any atom is -0.480 e. The van der Waals surface area contributed by atoms with Gasteiger partial charge in [0.05, 0.1) is 4.90 Å². The van der Waals surface area contributed by atoms with Crippen LogP contribution in [0.1, 0.15) is 30.9 Å². The van der Waals surface area contributed by atoms with Crippen molar-refractivity contribution in [3.8, 4) is 0 Å². The topological polar surface area (TPSA) is 83.5 Å². The van der Waals surface area contributed by atoms with Crippen LogP contribution < -0.4 is 4.72 Å². The van der Waals surface area contributed by atoms with Crippen molar-refractivity contribution in [1.82, 2.24) is 4.72 Å². The first kappa shape index (κ1) is 18.2. The third-order valence-electron chi connectivity index (χ3n) is 3.74. The fourth-order valence-corrected chi connectivity index (χ4v) is 3.51. The standard InChI is InChI=1S/C18H21NO4S/c1-13(2)15-8-10-16(11-9-15)24(22,23)19-17(18(20)21)12-14-6-4-3-5-7-14/h3-11,13,17,19H,12H2,1-2H3,(H,20,21)/t17-/m0/s1. The van der Waals surface area contributed by atoms with Gasteiger partial charge in [0.25, 0.3) is 0 Å². The van der Waals surface area contributed by atoms with Gasteiger partial charge in [0.15, 0.2) is 0 Å². The summed E-state index contributed by atoms with van der Waals surface area (Å²) < 4.78 is 27.2. The van der Waals surface area contributed by atoms with Gasteiger partial charge in [-0.3, -0.25) is 4.79 Å². The van der Waals surface area contributed by atoms with E-state index in [1.165, 1.54) is 12.1 Å². The SMILES string of the molecule is CC(C)c1ccc(S(=O)(=O)N[C@@H](Cc2ccccc2)C(=O)O)cc1. The summed E-state index contributed by atoms with van der Waals surface area (Å²) in [4.78, 5) is 11.5. The number of aliphatic carboxylic acids is 1. The summed E-state index contributed by atoms with van der Waals surface area (Å²) in [5.41, 5.74) is 1.77. The van der Waals surface area contributed by atoms with Gasteiger partial charge in [0, 0.05) is 0 Å². The number of hydrogen-bond donors (Lipinski definition) is 2. The smallest absolute Gasteiger partial charge is 0.322 e. The average Bonchev–Trinajstić information content (AvgIpc) is 2.55. The zero-order chi connectivity index (χ0) is 17.7. The predicted octanol–water partition coefficient (Wildman–Crippen LogP) is 2.78. The van der Waals surface area contributed by atoms with Crippen molar-refractivity contribution in [2.45, 2.75) is 37.1 Å². The highest BCUT2D eigenvalue weighted by molar-refractivity contribution is 7.89. The van der Waals surface area contributed by atoms with Crippen molar-refractivity contribution in [3.05, 3.63) is 65.7 Å². The Morgan fingerprint density at radius 3 is 2.12 bits per heavy atom. The number of carboxylic acids is 1. The summed E-state index contributed by atoms with van der Waals surface area (Å²) in [6, 6.07) is 14.2. The molecular weight excluding hydrogens is 326 g/mol. The molecule has 1 atom stereocenters. The lowest BCUT2D eigenvalue weighted by Gasteiger charge is -2.15. The van der Waals surface area contributed by atoms with E-state index in [4.69, 9.17) is 0 Å². The van der Waals surface area contributed by atoms with Gasteiger partial charge in [0.1, 0.15) is 6.04 Å². The van der Waals surface area contributed by atoms with Crippen LogP contribution in [0.25, 0.3) is 0 Å². The van der Waals surface area contributed by atoms with Crippen LogP contribution in [0.15, 0.2) is 59.5 Å². The lowest BCUT2D eigenvalue weighted by atomic mass is 10.0. The van der Waals surface area contributed by atoms with Crippen molar-refractivity contribution < 1.29 is 18.3 Å². The zero-order valence-electron chi connectivity index (χ0n) is 13.6. The van der Waals surface area contributed by atoms with Gasteiger partial charge in [-0.2, -0.15) is 4.72 Å². The number of sulfonamides is 1. The molecule has 6 heteroatoms. The van der Waals surface area contributed by atoms with Crippen LogP contribution in [-0.2, 0) is 21.2 Å². The van der Waals surface area contributed by atoms with E-state index in [1.807, 2.05) is 19.9 Å². The molecule has 0 aliphatic rings. The van der Waals surface area contributed by atoms with Crippen LogP contribution in [0, 0.1) is 0 Å². The van der Waals surface area contributed by atoms with Crippen LogP contribution in [0.5, 0.6) is 0 Å². The second-order valence-corrected chi connectivity index (χ2v) is 7.64. The maximum absolute atomic E-state index is 12.4. The number of carbonyl (C=O) groups is 1. The monoisotopic (exact) mass is 347 g/mol. The predicted molar refractivity (Wildman–Crippen MR) is 92.4 cm³/mol. The van der Waals surface area contributed by atoms with Crippen LogP contribution >= 0.6 is 0 Å². The fraction of sp³-hybridized carbons (Fsp3) is 0.278. The first-order valence-corrected chi connectivity index (χ1v) is 9.17. The minimum atomic E-state index is -3.90. The maximum Gasteiger partial charge on any atom is 0.322 e. The highest BCUT2D eigenvalue weighted by Crippen LogP contribution is 2.18. The number of rotatable bonds is 7. The second-order valence-electron chi connectivity index (χ2n) is 5.93. The van der Waals surface area contributed by atoms with Crippen LogP contribution in [-0.4, -0.2) is 25.5 Å². The maximum atomic E-state index is 12.4. The van der Waals surface area contributed by atoms with E-state index in [-0.39, 0.29) is 11.3 Å². The van der Waals surface area contributed by atoms with E-state index in [0.717, 1.165) is 11.1 Å². The zero-order valence-corrected chi connectivity index (χ0v) is 14.5. The van der Waals surface area contributed by atoms with Gasteiger partial charge in [-0.15, -0.1) is 0 Å². The average molecular weight is 347 g/mol. The molecule has 0 radical (unpaired) electrons. The highest BCUT2D eigenvalue weighted by atomic mass is 32.2. The van der Waals surface area contributed by atoms with Crippen molar-refractivity contribution in [1.29, 1.82) is 0 Å². The van der Waals surface area contributed by atoms with Crippen molar-refractivity contribution in [2.75, 3.05) is 0 Å². The number of carboxylic acid groups (broad SMARTS) is 1. The van der Waals surface area contributed by atoms with Gasteiger partial charge in [0.2, 0.25) is 10.0 Å². The van der Waals surface area contributed by atoms with Crippen molar-refractivity contribution in [2.24, 2.45) is 0 Å². The Morgan fingerprint density at radius 1 is 1.04 bits per heavy atom. The Balaban J connectivity index is 2.19. The van der Waals surface area contributed by atoms with Crippen LogP contribution in [0.3, 0.4) is 0 Å². The molecule has 128 valence electrons. The molecule has 0 amide bonds. The van der Waals surface area contributed by atoms with E-state index in [2.05, 4.69) is 4.72 Å². The summed E-state index contributed by atoms with van der Waals surface area (Å²) in [6.45, 7) is 4.03. The van der Waals surface area contributed by atoms with Crippen molar-refractivity contribution in [3.63, 3.8) is 0 Å². The molecule has 0 saturated carbocycles. The largest absolute Gasteiger partial charge is 0.480 e. The first-order chi connectivity index (χ1) is 11.3. The van der Waals surface area contributed by atoms with Crippen LogP contribution in [0.4, 0.5) is 0 Å². The minimum absolute atomic E-state index is 0.0613. The molecule has 5 nitrogen and oxygen atoms in total. The van der Waals surface area contributed by atoms with E-state index in [9.17, 15) is 18.3 Å². The van der Waals surface area contributed by atoms with E-state index in [1.54, 1.807) is 36.4 Å². The molecule has 0 fully saturated rings. The molecule has 2 rings (SSSR count). The second kappa shape index (κ2) is 7.59. The Morgan fingerprint density at radius 2 is 1.62 bits per heavy atom. The molecule has 0 saturated heterocycles. The molecule has 0 heterocycles. The molecular formula is C18H21NO4S. The Labute approximate surface area is 142 Å². The molecule has 2 aromatic carbocycles. The van der Waals surface area contributed by atoms with Gasteiger partial charge in [-0.05, 0) is 35.6 Å². The van der Waals surface area contributed by atoms with Gasteiger partial charge in [-0.25, -0.2) is 8.42 Å². The Hall–Kier alpha value is -2.18. The Bertz CT molecular complexity index is 784. The van der Waals surface area contributed by atoms with Gasteiger partial charge in [-0.1, -0.05) is 56.3 Å². The summed E-state index contributed by atoms with van der Waals surface area (Å²) in [6.07, 6.45) is 0.0828. The molecule has 0 aliphatic carbocycles. The third kappa shape index (κ3) is 4.66. The molecule has 2 N–H and O–H groups in total. The molecule has 2 aromatic rings. The van der Waals surface area contributed by atoms with Gasteiger partial charge < -0.3 is 5.11 Å². The quantitative estimate of drug-likeness (QED) is 0.807. The molecule has 0 aliphatic heterocycles. The highest BCUT2D eigenvalue weighted by Gasteiger charge is 2.25. The number of hydrogen-bond acceptors (Lipinski definition) is 3. The van der Waals surface area contributed by atoms with E-state index in [0.29, 0.717) is 5.92 Å². The number of nitrogens with one attached hydrogen (secondary N) is 1. The molecule has 0 bridgehead atoms. The first-order valence-electron chi connectivity index (χ1n) is 7.68. The number of benzene rings is 2. The molecule has 0 aromatic heterocycles. The lowest BCUT2D eigenvalue weighted by molar-refractivity contribution is -0.138. The molecule has 24 heavy (non-hydrogen) atoms. The Kier molecular flexibility index (Phi) is 5.75. The van der Waals surface area contributed by atoms with Crippen LogP contribution in [0.2, 0.25) is 0 Å².